The maximum absolute atomic E-state index is 11.7. The van der Waals surface area contributed by atoms with Crippen molar-refractivity contribution in [1.29, 1.82) is 5.26 Å². The molecule has 0 atom stereocenters. The van der Waals surface area contributed by atoms with E-state index in [1.54, 1.807) is 11.3 Å². The van der Waals surface area contributed by atoms with Gasteiger partial charge in [0.15, 0.2) is 0 Å². The third-order valence-electron chi connectivity index (χ3n) is 2.44. The molecule has 90 valence electrons. The highest BCUT2D eigenvalue weighted by Crippen LogP contribution is 2.13. The van der Waals surface area contributed by atoms with E-state index in [1.165, 1.54) is 0 Å². The first-order valence-electron chi connectivity index (χ1n) is 5.56. The van der Waals surface area contributed by atoms with E-state index in [1.807, 2.05) is 41.8 Å². The normalized spacial score (nSPS) is 9.72. The molecule has 0 aliphatic rings. The molecule has 0 radical (unpaired) electrons. The average molecular weight is 256 g/mol. The van der Waals surface area contributed by atoms with Gasteiger partial charge in [-0.25, -0.2) is 0 Å². The number of hydrogen-bond donors (Lipinski definition) is 1. The highest BCUT2D eigenvalue weighted by Gasteiger charge is 2.04. The topological polar surface area (TPSA) is 52.9 Å². The summed E-state index contributed by atoms with van der Waals surface area (Å²) in [6.07, 6.45) is 0.793. The second kappa shape index (κ2) is 5.99. The fourth-order valence-corrected chi connectivity index (χ4v) is 2.28. The van der Waals surface area contributed by atoms with Gasteiger partial charge >= 0.3 is 0 Å². The zero-order valence-electron chi connectivity index (χ0n) is 9.72. The Morgan fingerprint density at radius 2 is 2.06 bits per heavy atom. The van der Waals surface area contributed by atoms with Crippen molar-refractivity contribution in [2.75, 3.05) is 5.32 Å². The smallest absolute Gasteiger partial charge is 0.229 e. The van der Waals surface area contributed by atoms with E-state index < -0.39 is 0 Å². The molecular formula is C14H12N2OS. The van der Waals surface area contributed by atoms with Gasteiger partial charge in [0.05, 0.1) is 18.9 Å². The molecule has 1 aromatic heterocycles. The maximum atomic E-state index is 11.7. The number of nitriles is 1. The molecule has 1 amide bonds. The van der Waals surface area contributed by atoms with Gasteiger partial charge in [0.25, 0.3) is 0 Å². The first-order valence-corrected chi connectivity index (χ1v) is 6.44. The zero-order valence-corrected chi connectivity index (χ0v) is 10.5. The summed E-state index contributed by atoms with van der Waals surface area (Å²) >= 11 is 1.57. The van der Waals surface area contributed by atoms with Gasteiger partial charge in [0, 0.05) is 10.6 Å². The second-order valence-corrected chi connectivity index (χ2v) is 4.87. The minimum absolute atomic E-state index is 0.0227. The Hall–Kier alpha value is -2.12. The van der Waals surface area contributed by atoms with Crippen LogP contribution in [0.1, 0.15) is 10.4 Å². The molecule has 2 aromatic rings. The number of carbonyl (C=O) groups is 1. The van der Waals surface area contributed by atoms with Crippen LogP contribution < -0.4 is 5.32 Å². The SMILES string of the molecule is N#CCc1ccc(NC(=O)Cc2cccs2)cc1. The van der Waals surface area contributed by atoms with E-state index in [0.717, 1.165) is 16.1 Å². The van der Waals surface area contributed by atoms with Gasteiger partial charge in [0.1, 0.15) is 0 Å². The van der Waals surface area contributed by atoms with E-state index in [4.69, 9.17) is 5.26 Å². The number of nitrogens with zero attached hydrogens (tertiary/aromatic N) is 1. The van der Waals surface area contributed by atoms with Crippen molar-refractivity contribution in [3.05, 3.63) is 52.2 Å². The summed E-state index contributed by atoms with van der Waals surface area (Å²) in [7, 11) is 0. The van der Waals surface area contributed by atoms with Gasteiger partial charge in [-0.2, -0.15) is 5.26 Å². The average Bonchev–Trinajstić information content (AvgIpc) is 2.84. The molecule has 18 heavy (non-hydrogen) atoms. The summed E-state index contributed by atoms with van der Waals surface area (Å²) in [4.78, 5) is 12.8. The molecule has 0 bridgehead atoms. The highest BCUT2D eigenvalue weighted by atomic mass is 32.1. The quantitative estimate of drug-likeness (QED) is 0.914. The lowest BCUT2D eigenvalue weighted by molar-refractivity contribution is -0.115. The molecule has 1 N–H and O–H groups in total. The van der Waals surface area contributed by atoms with Crippen LogP contribution in [-0.4, -0.2) is 5.91 Å². The Labute approximate surface area is 110 Å². The van der Waals surface area contributed by atoms with Crippen LogP contribution in [0.4, 0.5) is 5.69 Å². The molecule has 0 aliphatic heterocycles. The Morgan fingerprint density at radius 1 is 1.28 bits per heavy atom. The largest absolute Gasteiger partial charge is 0.326 e. The van der Waals surface area contributed by atoms with Crippen molar-refractivity contribution in [2.45, 2.75) is 12.8 Å². The van der Waals surface area contributed by atoms with Crippen molar-refractivity contribution >= 4 is 22.9 Å². The van der Waals surface area contributed by atoms with Gasteiger partial charge in [-0.05, 0) is 29.1 Å². The van der Waals surface area contributed by atoms with Crippen LogP contribution in [0.15, 0.2) is 41.8 Å². The fraction of sp³-hybridized carbons (Fsp3) is 0.143. The molecule has 1 aromatic carbocycles. The molecule has 0 saturated heterocycles. The molecule has 0 spiro atoms. The van der Waals surface area contributed by atoms with Crippen molar-refractivity contribution in [2.24, 2.45) is 0 Å². The predicted molar refractivity (Wildman–Crippen MR) is 72.4 cm³/mol. The number of anilines is 1. The lowest BCUT2D eigenvalue weighted by Crippen LogP contribution is -2.13. The van der Waals surface area contributed by atoms with Gasteiger partial charge in [-0.15, -0.1) is 11.3 Å². The van der Waals surface area contributed by atoms with Crippen molar-refractivity contribution in [1.82, 2.24) is 0 Å². The lowest BCUT2D eigenvalue weighted by atomic mass is 10.1. The van der Waals surface area contributed by atoms with Crippen molar-refractivity contribution in [3.63, 3.8) is 0 Å². The van der Waals surface area contributed by atoms with E-state index in [-0.39, 0.29) is 5.91 Å². The number of nitrogens with one attached hydrogen (secondary N) is 1. The molecule has 3 nitrogen and oxygen atoms in total. The van der Waals surface area contributed by atoms with E-state index in [2.05, 4.69) is 11.4 Å². The summed E-state index contributed by atoms with van der Waals surface area (Å²) < 4.78 is 0. The lowest BCUT2D eigenvalue weighted by Gasteiger charge is -2.04. The minimum atomic E-state index is -0.0227. The van der Waals surface area contributed by atoms with Gasteiger partial charge in [0.2, 0.25) is 5.91 Å². The van der Waals surface area contributed by atoms with Gasteiger partial charge < -0.3 is 5.32 Å². The zero-order chi connectivity index (χ0) is 12.8. The molecule has 0 unspecified atom stereocenters. The number of carbonyl (C=O) groups excluding carboxylic acids is 1. The summed E-state index contributed by atoms with van der Waals surface area (Å²) in [5.41, 5.74) is 1.71. The summed E-state index contributed by atoms with van der Waals surface area (Å²) in [6, 6.07) is 13.3. The molecule has 0 saturated carbocycles. The first-order chi connectivity index (χ1) is 8.78. The van der Waals surface area contributed by atoms with Gasteiger partial charge in [-0.3, -0.25) is 4.79 Å². The van der Waals surface area contributed by atoms with Crippen LogP contribution in [0.2, 0.25) is 0 Å². The first kappa shape index (κ1) is 12.3. The Kier molecular flexibility index (Phi) is 4.11. The second-order valence-electron chi connectivity index (χ2n) is 3.84. The Morgan fingerprint density at radius 3 is 2.67 bits per heavy atom. The summed E-state index contributed by atoms with van der Waals surface area (Å²) in [5.74, 6) is -0.0227. The molecule has 0 aliphatic carbocycles. The highest BCUT2D eigenvalue weighted by molar-refractivity contribution is 7.10. The molecular weight excluding hydrogens is 244 g/mol. The van der Waals surface area contributed by atoms with Crippen LogP contribution in [0, 0.1) is 11.3 Å². The number of hydrogen-bond acceptors (Lipinski definition) is 3. The van der Waals surface area contributed by atoms with Crippen LogP contribution in [0.25, 0.3) is 0 Å². The predicted octanol–water partition coefficient (Wildman–Crippen LogP) is 3.00. The maximum Gasteiger partial charge on any atom is 0.229 e. The third-order valence-corrected chi connectivity index (χ3v) is 3.31. The number of amides is 1. The van der Waals surface area contributed by atoms with E-state index >= 15 is 0 Å². The monoisotopic (exact) mass is 256 g/mol. The standard InChI is InChI=1S/C14H12N2OS/c15-8-7-11-3-5-12(6-4-11)16-14(17)10-13-2-1-9-18-13/h1-6,9H,7,10H2,(H,16,17). The van der Waals surface area contributed by atoms with Crippen LogP contribution in [-0.2, 0) is 17.6 Å². The Bertz CT molecular complexity index is 552. The molecule has 1 heterocycles. The summed E-state index contributed by atoms with van der Waals surface area (Å²) in [6.45, 7) is 0. The van der Waals surface area contributed by atoms with Crippen molar-refractivity contribution in [3.8, 4) is 6.07 Å². The fourth-order valence-electron chi connectivity index (χ4n) is 1.57. The van der Waals surface area contributed by atoms with E-state index in [9.17, 15) is 4.79 Å². The summed E-state index contributed by atoms with van der Waals surface area (Å²) in [5, 5.41) is 13.4. The molecule has 0 fully saturated rings. The van der Waals surface area contributed by atoms with Crippen LogP contribution >= 0.6 is 11.3 Å². The number of benzene rings is 1. The van der Waals surface area contributed by atoms with E-state index in [0.29, 0.717) is 12.8 Å². The number of rotatable bonds is 4. The molecule has 2 rings (SSSR count). The Balaban J connectivity index is 1.93. The van der Waals surface area contributed by atoms with Crippen LogP contribution in [0.3, 0.4) is 0 Å². The molecule has 4 heteroatoms. The number of thiophene rings is 1. The van der Waals surface area contributed by atoms with Crippen LogP contribution in [0.5, 0.6) is 0 Å². The van der Waals surface area contributed by atoms with Crippen molar-refractivity contribution < 1.29 is 4.79 Å². The third kappa shape index (κ3) is 3.44. The minimum Gasteiger partial charge on any atom is -0.326 e. The van der Waals surface area contributed by atoms with Gasteiger partial charge in [-0.1, -0.05) is 18.2 Å².